The Morgan fingerprint density at radius 2 is 1.59 bits per heavy atom. The average molecular weight is 374 g/mol. The first kappa shape index (κ1) is 20.1. The Morgan fingerprint density at radius 1 is 0.963 bits per heavy atom. The molecule has 9 nitrogen and oxygen atoms in total. The van der Waals surface area contributed by atoms with Gasteiger partial charge in [0, 0.05) is 49.6 Å². The molecule has 0 bridgehead atoms. The van der Waals surface area contributed by atoms with Crippen LogP contribution in [0.5, 0.6) is 11.5 Å². The van der Waals surface area contributed by atoms with Gasteiger partial charge in [-0.15, -0.1) is 0 Å². The van der Waals surface area contributed by atoms with E-state index in [2.05, 4.69) is 31.2 Å². The summed E-state index contributed by atoms with van der Waals surface area (Å²) in [5.41, 5.74) is 0.582. The van der Waals surface area contributed by atoms with Gasteiger partial charge in [-0.2, -0.15) is 0 Å². The number of carbonyl (C=O) groups is 1. The van der Waals surface area contributed by atoms with Crippen molar-refractivity contribution in [3.63, 3.8) is 0 Å². The Balaban J connectivity index is 1.81. The molecule has 4 N–H and O–H groups in total. The summed E-state index contributed by atoms with van der Waals surface area (Å²) in [4.78, 5) is 20.7. The molecule has 0 saturated carbocycles. The van der Waals surface area contributed by atoms with Crippen molar-refractivity contribution in [3.05, 3.63) is 30.1 Å². The third kappa shape index (κ3) is 6.53. The summed E-state index contributed by atoms with van der Waals surface area (Å²) in [6.07, 6.45) is 0. The number of aryl methyl sites for hydroxylation is 1. The number of nitrogens with one attached hydrogen (secondary N) is 4. The minimum Gasteiger partial charge on any atom is -0.497 e. The second-order valence-corrected chi connectivity index (χ2v) is 5.62. The van der Waals surface area contributed by atoms with Gasteiger partial charge in [-0.3, -0.25) is 0 Å². The molecular formula is C18H26N6O3. The molecule has 0 atom stereocenters. The fourth-order valence-corrected chi connectivity index (χ4v) is 2.35. The number of hydrogen-bond donors (Lipinski definition) is 4. The normalized spacial score (nSPS) is 10.1. The van der Waals surface area contributed by atoms with E-state index >= 15 is 0 Å². The van der Waals surface area contributed by atoms with Crippen LogP contribution in [0.2, 0.25) is 0 Å². The zero-order valence-corrected chi connectivity index (χ0v) is 16.0. The lowest BCUT2D eigenvalue weighted by Gasteiger charge is -2.12. The third-order valence-corrected chi connectivity index (χ3v) is 3.52. The maximum Gasteiger partial charge on any atom is 0.319 e. The molecule has 146 valence electrons. The minimum absolute atomic E-state index is 0.320. The highest BCUT2D eigenvalue weighted by molar-refractivity contribution is 5.89. The molecule has 0 aliphatic rings. The molecular weight excluding hydrogens is 348 g/mol. The Labute approximate surface area is 158 Å². The highest BCUT2D eigenvalue weighted by Crippen LogP contribution is 2.25. The van der Waals surface area contributed by atoms with Gasteiger partial charge in [0.05, 0.1) is 14.2 Å². The highest BCUT2D eigenvalue weighted by Gasteiger charge is 2.06. The molecule has 1 heterocycles. The van der Waals surface area contributed by atoms with Crippen molar-refractivity contribution in [2.75, 3.05) is 49.8 Å². The van der Waals surface area contributed by atoms with Crippen molar-refractivity contribution < 1.29 is 14.3 Å². The van der Waals surface area contributed by atoms with E-state index in [1.165, 1.54) is 0 Å². The van der Waals surface area contributed by atoms with Crippen LogP contribution in [-0.2, 0) is 0 Å². The molecule has 1 aromatic heterocycles. The van der Waals surface area contributed by atoms with Crippen LogP contribution in [0.1, 0.15) is 12.7 Å². The maximum atomic E-state index is 12.0. The van der Waals surface area contributed by atoms with Gasteiger partial charge in [-0.05, 0) is 13.8 Å². The fourth-order valence-electron chi connectivity index (χ4n) is 2.35. The molecule has 0 saturated heterocycles. The average Bonchev–Trinajstić information content (AvgIpc) is 2.64. The number of methoxy groups -OCH3 is 2. The third-order valence-electron chi connectivity index (χ3n) is 3.52. The van der Waals surface area contributed by atoms with Gasteiger partial charge < -0.3 is 30.7 Å². The summed E-state index contributed by atoms with van der Waals surface area (Å²) in [6.45, 7) is 5.57. The number of benzene rings is 1. The Kier molecular flexibility index (Phi) is 7.48. The monoisotopic (exact) mass is 374 g/mol. The SMILES string of the molecule is CCNc1cc(NCCNC(=O)Nc2cc(OC)cc(OC)c2)nc(C)n1. The van der Waals surface area contributed by atoms with Gasteiger partial charge in [0.25, 0.3) is 0 Å². The quantitative estimate of drug-likeness (QED) is 0.499. The number of aromatic nitrogens is 2. The van der Waals surface area contributed by atoms with Gasteiger partial charge in [0.1, 0.15) is 29.0 Å². The Bertz CT molecular complexity index is 747. The first-order valence-corrected chi connectivity index (χ1v) is 8.65. The van der Waals surface area contributed by atoms with E-state index in [0.717, 1.165) is 12.4 Å². The van der Waals surface area contributed by atoms with Crippen molar-refractivity contribution in [1.29, 1.82) is 0 Å². The number of ether oxygens (including phenoxy) is 2. The summed E-state index contributed by atoms with van der Waals surface area (Å²) < 4.78 is 10.4. The predicted octanol–water partition coefficient (Wildman–Crippen LogP) is 2.47. The number of rotatable bonds is 9. The molecule has 0 aliphatic carbocycles. The van der Waals surface area contributed by atoms with Gasteiger partial charge >= 0.3 is 6.03 Å². The van der Waals surface area contributed by atoms with Crippen LogP contribution in [-0.4, -0.2) is 49.9 Å². The second kappa shape index (κ2) is 10.0. The van der Waals surface area contributed by atoms with Crippen LogP contribution >= 0.6 is 0 Å². The van der Waals surface area contributed by atoms with Crippen molar-refractivity contribution in [1.82, 2.24) is 15.3 Å². The number of amides is 2. The fraction of sp³-hybridized carbons (Fsp3) is 0.389. The summed E-state index contributed by atoms with van der Waals surface area (Å²) in [5, 5.41) is 11.8. The first-order chi connectivity index (χ1) is 13.0. The van der Waals surface area contributed by atoms with Crippen LogP contribution in [0.3, 0.4) is 0 Å². The number of anilines is 3. The van der Waals surface area contributed by atoms with E-state index in [-0.39, 0.29) is 6.03 Å². The van der Waals surface area contributed by atoms with Crippen LogP contribution in [0.15, 0.2) is 24.3 Å². The molecule has 0 aliphatic heterocycles. The van der Waals surface area contributed by atoms with Gasteiger partial charge in [-0.1, -0.05) is 0 Å². The molecule has 0 fully saturated rings. The molecule has 9 heteroatoms. The Hall–Kier alpha value is -3.23. The topological polar surface area (TPSA) is 109 Å². The predicted molar refractivity (Wildman–Crippen MR) is 106 cm³/mol. The van der Waals surface area contributed by atoms with E-state index in [9.17, 15) is 4.79 Å². The molecule has 0 radical (unpaired) electrons. The van der Waals surface area contributed by atoms with Crippen molar-refractivity contribution in [3.8, 4) is 11.5 Å². The van der Waals surface area contributed by atoms with Crippen LogP contribution in [0, 0.1) is 6.92 Å². The lowest BCUT2D eigenvalue weighted by molar-refractivity contribution is 0.252. The number of nitrogens with zero attached hydrogens (tertiary/aromatic N) is 2. The van der Waals surface area contributed by atoms with Gasteiger partial charge in [0.15, 0.2) is 0 Å². The van der Waals surface area contributed by atoms with Gasteiger partial charge in [-0.25, -0.2) is 14.8 Å². The lowest BCUT2D eigenvalue weighted by atomic mass is 10.3. The summed E-state index contributed by atoms with van der Waals surface area (Å²) in [6, 6.07) is 6.68. The van der Waals surface area contributed by atoms with E-state index in [0.29, 0.717) is 41.9 Å². The van der Waals surface area contributed by atoms with E-state index in [1.54, 1.807) is 32.4 Å². The molecule has 1 aromatic carbocycles. The zero-order chi connectivity index (χ0) is 19.6. The summed E-state index contributed by atoms with van der Waals surface area (Å²) in [7, 11) is 3.11. The van der Waals surface area contributed by atoms with Crippen LogP contribution in [0.25, 0.3) is 0 Å². The summed E-state index contributed by atoms with van der Waals surface area (Å²) >= 11 is 0. The number of urea groups is 1. The zero-order valence-electron chi connectivity index (χ0n) is 16.0. The maximum absolute atomic E-state index is 12.0. The molecule has 2 amide bonds. The van der Waals surface area contributed by atoms with E-state index in [1.807, 2.05) is 19.9 Å². The Morgan fingerprint density at radius 3 is 2.19 bits per heavy atom. The molecule has 2 rings (SSSR count). The molecule has 0 unspecified atom stereocenters. The van der Waals surface area contributed by atoms with E-state index in [4.69, 9.17) is 9.47 Å². The standard InChI is InChI=1S/C18H26N6O3/c1-5-19-16-11-17(23-12(2)22-16)20-6-7-21-18(25)24-13-8-14(26-3)10-15(9-13)27-4/h8-11H,5-7H2,1-4H3,(H2,21,24,25)(H2,19,20,22,23). The van der Waals surface area contributed by atoms with Crippen LogP contribution in [0.4, 0.5) is 22.1 Å². The second-order valence-electron chi connectivity index (χ2n) is 5.62. The number of hydrogen-bond acceptors (Lipinski definition) is 7. The summed E-state index contributed by atoms with van der Waals surface area (Å²) in [5.74, 6) is 3.35. The van der Waals surface area contributed by atoms with Crippen molar-refractivity contribution in [2.45, 2.75) is 13.8 Å². The molecule has 27 heavy (non-hydrogen) atoms. The van der Waals surface area contributed by atoms with Crippen molar-refractivity contribution in [2.24, 2.45) is 0 Å². The van der Waals surface area contributed by atoms with Gasteiger partial charge in [0.2, 0.25) is 0 Å². The lowest BCUT2D eigenvalue weighted by Crippen LogP contribution is -2.32. The smallest absolute Gasteiger partial charge is 0.319 e. The minimum atomic E-state index is -0.320. The molecule has 2 aromatic rings. The molecule has 0 spiro atoms. The first-order valence-electron chi connectivity index (χ1n) is 8.65. The number of carbonyl (C=O) groups excluding carboxylic acids is 1. The largest absolute Gasteiger partial charge is 0.497 e. The van der Waals surface area contributed by atoms with Crippen molar-refractivity contribution >= 4 is 23.4 Å². The van der Waals surface area contributed by atoms with E-state index < -0.39 is 0 Å². The van der Waals surface area contributed by atoms with Crippen LogP contribution < -0.4 is 30.7 Å². The highest BCUT2D eigenvalue weighted by atomic mass is 16.5.